The van der Waals surface area contributed by atoms with Crippen molar-refractivity contribution in [1.29, 1.82) is 0 Å². The topological polar surface area (TPSA) is 52.5 Å². The maximum Gasteiger partial charge on any atom is 0.433 e. The van der Waals surface area contributed by atoms with Gasteiger partial charge in [-0.15, -0.1) is 6.58 Å². The van der Waals surface area contributed by atoms with E-state index < -0.39 is 18.0 Å². The first-order valence-corrected chi connectivity index (χ1v) is 7.56. The quantitative estimate of drug-likeness (QED) is 0.808. The van der Waals surface area contributed by atoms with Gasteiger partial charge in [0.25, 0.3) is 0 Å². The fourth-order valence-electron chi connectivity index (χ4n) is 2.49. The van der Waals surface area contributed by atoms with Gasteiger partial charge in [0.2, 0.25) is 5.95 Å². The average molecular weight is 330 g/mol. The van der Waals surface area contributed by atoms with Crippen LogP contribution in [0.3, 0.4) is 0 Å². The van der Waals surface area contributed by atoms with Crippen molar-refractivity contribution in [1.82, 2.24) is 14.9 Å². The molecule has 1 fully saturated rings. The summed E-state index contributed by atoms with van der Waals surface area (Å²) in [4.78, 5) is 11.4. The van der Waals surface area contributed by atoms with Crippen LogP contribution in [0.4, 0.5) is 19.1 Å². The highest BCUT2D eigenvalue weighted by Crippen LogP contribution is 2.28. The molecule has 128 valence electrons. The van der Waals surface area contributed by atoms with E-state index in [1.807, 2.05) is 0 Å². The van der Waals surface area contributed by atoms with Crippen molar-refractivity contribution in [2.24, 2.45) is 0 Å². The van der Waals surface area contributed by atoms with Crippen molar-refractivity contribution in [2.75, 3.05) is 37.6 Å². The molecule has 1 aromatic heterocycles. The van der Waals surface area contributed by atoms with Gasteiger partial charge in [0.15, 0.2) is 0 Å². The Balaban J connectivity index is 1.88. The third kappa shape index (κ3) is 5.18. The molecule has 1 atom stereocenters. The standard InChI is InChI=1S/C15H21F3N4O/c1-2-3-4-12(23)11-21-7-9-22(10-8-21)14-19-6-5-13(20-14)15(16,17)18/h2,5-6,12,23H,1,3-4,7-11H2/t12-/m0/s1. The van der Waals surface area contributed by atoms with E-state index >= 15 is 0 Å². The number of piperazine rings is 1. The second kappa shape index (κ2) is 7.74. The van der Waals surface area contributed by atoms with Crippen LogP contribution >= 0.6 is 0 Å². The molecule has 1 N–H and O–H groups in total. The first-order valence-electron chi connectivity index (χ1n) is 7.56. The number of alkyl halides is 3. The van der Waals surface area contributed by atoms with Crippen LogP contribution in [0, 0.1) is 0 Å². The molecule has 0 unspecified atom stereocenters. The summed E-state index contributed by atoms with van der Waals surface area (Å²) in [6.07, 6.45) is -0.540. The lowest BCUT2D eigenvalue weighted by Crippen LogP contribution is -2.49. The third-order valence-corrected chi connectivity index (χ3v) is 3.76. The highest BCUT2D eigenvalue weighted by Gasteiger charge is 2.33. The van der Waals surface area contributed by atoms with E-state index in [4.69, 9.17) is 0 Å². The van der Waals surface area contributed by atoms with E-state index in [1.165, 1.54) is 0 Å². The molecule has 2 heterocycles. The lowest BCUT2D eigenvalue weighted by Gasteiger charge is -2.35. The average Bonchev–Trinajstić information content (AvgIpc) is 2.53. The third-order valence-electron chi connectivity index (χ3n) is 3.76. The normalized spacial score (nSPS) is 18.0. The number of hydrogen-bond donors (Lipinski definition) is 1. The SMILES string of the molecule is C=CCC[C@H](O)CN1CCN(c2nccc(C(F)(F)F)n2)CC1. The molecular weight excluding hydrogens is 309 g/mol. The zero-order valence-electron chi connectivity index (χ0n) is 12.8. The molecule has 2 rings (SSSR count). The minimum atomic E-state index is -4.46. The van der Waals surface area contributed by atoms with Gasteiger partial charge in [-0.1, -0.05) is 6.08 Å². The summed E-state index contributed by atoms with van der Waals surface area (Å²) < 4.78 is 38.1. The lowest BCUT2D eigenvalue weighted by molar-refractivity contribution is -0.141. The summed E-state index contributed by atoms with van der Waals surface area (Å²) in [7, 11) is 0. The summed E-state index contributed by atoms with van der Waals surface area (Å²) in [5, 5.41) is 9.89. The number of nitrogens with zero attached hydrogens (tertiary/aromatic N) is 4. The predicted octanol–water partition coefficient (Wildman–Crippen LogP) is 1.94. The number of aliphatic hydroxyl groups excluding tert-OH is 1. The van der Waals surface area contributed by atoms with Gasteiger partial charge in [-0.3, -0.25) is 4.90 Å². The molecule has 0 saturated carbocycles. The summed E-state index contributed by atoms with van der Waals surface area (Å²) >= 11 is 0. The Morgan fingerprint density at radius 2 is 2.00 bits per heavy atom. The maximum atomic E-state index is 12.7. The minimum absolute atomic E-state index is 0.103. The number of halogens is 3. The number of hydrogen-bond acceptors (Lipinski definition) is 5. The molecule has 0 amide bonds. The second-order valence-electron chi connectivity index (χ2n) is 5.55. The first-order chi connectivity index (χ1) is 10.9. The maximum absolute atomic E-state index is 12.7. The summed E-state index contributed by atoms with van der Waals surface area (Å²) in [5.41, 5.74) is -0.926. The Hall–Kier alpha value is -1.67. The Bertz CT molecular complexity index is 516. The number of aliphatic hydroxyl groups is 1. The van der Waals surface area contributed by atoms with Crippen LogP contribution in [0.2, 0.25) is 0 Å². The van der Waals surface area contributed by atoms with Crippen molar-refractivity contribution < 1.29 is 18.3 Å². The molecule has 1 aliphatic rings. The predicted molar refractivity (Wildman–Crippen MR) is 81.1 cm³/mol. The van der Waals surface area contributed by atoms with Crippen molar-refractivity contribution in [2.45, 2.75) is 25.1 Å². The Labute approximate surface area is 133 Å². The molecule has 0 radical (unpaired) electrons. The van der Waals surface area contributed by atoms with E-state index in [-0.39, 0.29) is 5.95 Å². The van der Waals surface area contributed by atoms with Crippen molar-refractivity contribution in [3.8, 4) is 0 Å². The Morgan fingerprint density at radius 1 is 1.30 bits per heavy atom. The van der Waals surface area contributed by atoms with Gasteiger partial charge in [0, 0.05) is 38.9 Å². The van der Waals surface area contributed by atoms with Crippen molar-refractivity contribution in [3.05, 3.63) is 30.6 Å². The highest BCUT2D eigenvalue weighted by molar-refractivity contribution is 5.31. The van der Waals surface area contributed by atoms with Gasteiger partial charge in [-0.2, -0.15) is 13.2 Å². The molecule has 23 heavy (non-hydrogen) atoms. The summed E-state index contributed by atoms with van der Waals surface area (Å²) in [6.45, 7) is 6.57. The van der Waals surface area contributed by atoms with Crippen molar-refractivity contribution in [3.63, 3.8) is 0 Å². The van der Waals surface area contributed by atoms with Crippen LogP contribution in [-0.4, -0.2) is 58.8 Å². The van der Waals surface area contributed by atoms with Gasteiger partial charge in [0.1, 0.15) is 5.69 Å². The Kier molecular flexibility index (Phi) is 5.95. The zero-order valence-corrected chi connectivity index (χ0v) is 12.8. The van der Waals surface area contributed by atoms with Gasteiger partial charge >= 0.3 is 6.18 Å². The van der Waals surface area contributed by atoms with Gasteiger partial charge in [0.05, 0.1) is 6.10 Å². The fraction of sp³-hybridized carbons (Fsp3) is 0.600. The second-order valence-corrected chi connectivity index (χ2v) is 5.55. The van der Waals surface area contributed by atoms with E-state index in [2.05, 4.69) is 21.4 Å². The number of rotatable bonds is 6. The van der Waals surface area contributed by atoms with Gasteiger partial charge in [-0.05, 0) is 18.9 Å². The highest BCUT2D eigenvalue weighted by atomic mass is 19.4. The van der Waals surface area contributed by atoms with Gasteiger partial charge < -0.3 is 10.0 Å². The molecular formula is C15H21F3N4O. The molecule has 1 saturated heterocycles. The molecule has 5 nitrogen and oxygen atoms in total. The number of aromatic nitrogens is 2. The van der Waals surface area contributed by atoms with Crippen LogP contribution in [0.15, 0.2) is 24.9 Å². The van der Waals surface area contributed by atoms with Crippen LogP contribution in [0.5, 0.6) is 0 Å². The first kappa shape index (κ1) is 17.7. The summed E-state index contributed by atoms with van der Waals surface area (Å²) in [5.74, 6) is 0.103. The lowest BCUT2D eigenvalue weighted by atomic mass is 10.1. The fourth-order valence-corrected chi connectivity index (χ4v) is 2.49. The van der Waals surface area contributed by atoms with Crippen LogP contribution < -0.4 is 4.90 Å². The molecule has 1 aromatic rings. The minimum Gasteiger partial charge on any atom is -0.392 e. The zero-order chi connectivity index (χ0) is 16.9. The van der Waals surface area contributed by atoms with Gasteiger partial charge in [-0.25, -0.2) is 9.97 Å². The van der Waals surface area contributed by atoms with E-state index in [1.54, 1.807) is 11.0 Å². The van der Waals surface area contributed by atoms with Crippen LogP contribution in [0.1, 0.15) is 18.5 Å². The van der Waals surface area contributed by atoms with Crippen LogP contribution in [0.25, 0.3) is 0 Å². The largest absolute Gasteiger partial charge is 0.433 e. The van der Waals surface area contributed by atoms with E-state index in [9.17, 15) is 18.3 Å². The molecule has 0 aromatic carbocycles. The van der Waals surface area contributed by atoms with E-state index in [0.717, 1.165) is 18.7 Å². The Morgan fingerprint density at radius 3 is 2.61 bits per heavy atom. The smallest absolute Gasteiger partial charge is 0.392 e. The molecule has 0 bridgehead atoms. The van der Waals surface area contributed by atoms with E-state index in [0.29, 0.717) is 39.1 Å². The van der Waals surface area contributed by atoms with Crippen LogP contribution in [-0.2, 0) is 6.18 Å². The van der Waals surface area contributed by atoms with Crippen molar-refractivity contribution >= 4 is 5.95 Å². The number of allylic oxidation sites excluding steroid dienone is 1. The molecule has 0 spiro atoms. The molecule has 0 aliphatic carbocycles. The molecule has 1 aliphatic heterocycles. The monoisotopic (exact) mass is 330 g/mol. The summed E-state index contributed by atoms with van der Waals surface area (Å²) in [6, 6.07) is 0.871. The molecule has 8 heteroatoms. The number of anilines is 1. The number of β-amino-alcohol motifs (C(OH)–C–C–N with tert-alkyl or cyclic N) is 1.